The summed E-state index contributed by atoms with van der Waals surface area (Å²) >= 11 is 0. The fourth-order valence-corrected chi connectivity index (χ4v) is 2.90. The number of primary amides is 1. The zero-order valence-corrected chi connectivity index (χ0v) is 14.7. The van der Waals surface area contributed by atoms with Crippen LogP contribution in [-0.4, -0.2) is 47.5 Å². The van der Waals surface area contributed by atoms with Crippen molar-refractivity contribution in [2.75, 3.05) is 35.2 Å². The van der Waals surface area contributed by atoms with Crippen LogP contribution in [0.1, 0.15) is 23.2 Å². The minimum absolute atomic E-state index is 0.0297. The molecule has 2 heterocycles. The second kappa shape index (κ2) is 7.10. The molecule has 9 nitrogen and oxygen atoms in total. The highest BCUT2D eigenvalue weighted by molar-refractivity contribution is 5.97. The number of hydrogen-bond acceptors (Lipinski definition) is 7. The lowest BCUT2D eigenvalue weighted by molar-refractivity contribution is -0.120. The summed E-state index contributed by atoms with van der Waals surface area (Å²) in [7, 11) is 0. The van der Waals surface area contributed by atoms with E-state index in [1.807, 2.05) is 29.2 Å². The summed E-state index contributed by atoms with van der Waals surface area (Å²) in [6, 6.07) is 8.04. The van der Waals surface area contributed by atoms with Gasteiger partial charge in [-0.3, -0.25) is 9.59 Å². The predicted molar refractivity (Wildman–Crippen MR) is 102 cm³/mol. The number of piperazine rings is 1. The quantitative estimate of drug-likeness (QED) is 0.596. The molecule has 0 atom stereocenters. The van der Waals surface area contributed by atoms with Crippen LogP contribution in [0.15, 0.2) is 30.5 Å². The first-order valence-corrected chi connectivity index (χ1v) is 8.90. The molecule has 1 aliphatic carbocycles. The molecule has 2 amide bonds. The van der Waals surface area contributed by atoms with Crippen molar-refractivity contribution in [3.8, 4) is 0 Å². The average molecular weight is 367 g/mol. The van der Waals surface area contributed by atoms with Crippen molar-refractivity contribution in [2.24, 2.45) is 5.73 Å². The number of rotatable bonds is 6. The smallest absolute Gasteiger partial charge is 0.254 e. The van der Waals surface area contributed by atoms with E-state index in [2.05, 4.69) is 25.9 Å². The minimum atomic E-state index is -0.556. The van der Waals surface area contributed by atoms with Crippen molar-refractivity contribution in [2.45, 2.75) is 18.9 Å². The van der Waals surface area contributed by atoms with Gasteiger partial charge >= 0.3 is 0 Å². The fraction of sp³-hybridized carbons (Fsp3) is 0.333. The van der Waals surface area contributed by atoms with Gasteiger partial charge in [-0.15, -0.1) is 0 Å². The van der Waals surface area contributed by atoms with Crippen molar-refractivity contribution in [3.63, 3.8) is 0 Å². The molecular weight excluding hydrogens is 346 g/mol. The molecule has 1 saturated heterocycles. The third-order valence-corrected chi connectivity index (χ3v) is 4.50. The molecule has 1 aromatic carbocycles. The van der Waals surface area contributed by atoms with E-state index in [4.69, 9.17) is 5.73 Å². The van der Waals surface area contributed by atoms with Gasteiger partial charge in [-0.25, -0.2) is 4.98 Å². The number of carbonyl (C=O) groups excluding carboxylic acids is 2. The second-order valence-electron chi connectivity index (χ2n) is 6.68. The normalized spacial score (nSPS) is 16.6. The van der Waals surface area contributed by atoms with Crippen LogP contribution in [0.4, 0.5) is 23.1 Å². The first-order chi connectivity index (χ1) is 13.1. The lowest BCUT2D eigenvalue weighted by Crippen LogP contribution is -2.47. The van der Waals surface area contributed by atoms with Gasteiger partial charge in [0.05, 0.1) is 12.1 Å². The Morgan fingerprint density at radius 3 is 2.70 bits per heavy atom. The number of benzene rings is 1. The van der Waals surface area contributed by atoms with Gasteiger partial charge in [0, 0.05) is 36.7 Å². The maximum absolute atomic E-state index is 11.6. The Kier molecular flexibility index (Phi) is 4.49. The number of hydrogen-bond donors (Lipinski definition) is 4. The van der Waals surface area contributed by atoms with E-state index >= 15 is 0 Å². The minimum Gasteiger partial charge on any atom is -0.367 e. The van der Waals surface area contributed by atoms with Crippen LogP contribution >= 0.6 is 0 Å². The third-order valence-electron chi connectivity index (χ3n) is 4.50. The van der Waals surface area contributed by atoms with Gasteiger partial charge in [-0.05, 0) is 37.1 Å². The molecule has 2 aromatic rings. The van der Waals surface area contributed by atoms with Gasteiger partial charge in [0.2, 0.25) is 11.9 Å². The zero-order chi connectivity index (χ0) is 18.8. The van der Waals surface area contributed by atoms with Crippen LogP contribution in [0.5, 0.6) is 0 Å². The van der Waals surface area contributed by atoms with Gasteiger partial charge in [-0.2, -0.15) is 4.98 Å². The summed E-state index contributed by atoms with van der Waals surface area (Å²) < 4.78 is 0. The molecule has 9 heteroatoms. The molecule has 1 saturated carbocycles. The molecule has 4 rings (SSSR count). The predicted octanol–water partition coefficient (Wildman–Crippen LogP) is 0.830. The Bertz CT molecular complexity index is 865. The Morgan fingerprint density at radius 1 is 1.26 bits per heavy atom. The van der Waals surface area contributed by atoms with Crippen LogP contribution in [0, 0.1) is 0 Å². The summed E-state index contributed by atoms with van der Waals surface area (Å²) in [5, 5.41) is 9.16. The van der Waals surface area contributed by atoms with Crippen LogP contribution in [-0.2, 0) is 4.79 Å². The Labute approximate surface area is 156 Å². The highest BCUT2D eigenvalue weighted by atomic mass is 16.2. The second-order valence-corrected chi connectivity index (χ2v) is 6.68. The summed E-state index contributed by atoms with van der Waals surface area (Å²) in [6.07, 6.45) is 3.55. The van der Waals surface area contributed by atoms with Crippen molar-refractivity contribution in [1.82, 2.24) is 15.3 Å². The Balaban J connectivity index is 1.48. The highest BCUT2D eigenvalue weighted by Gasteiger charge is 2.24. The maximum Gasteiger partial charge on any atom is 0.254 e. The van der Waals surface area contributed by atoms with E-state index in [0.29, 0.717) is 30.9 Å². The van der Waals surface area contributed by atoms with E-state index in [-0.39, 0.29) is 11.5 Å². The molecular formula is C18H21N7O2. The number of nitrogens with two attached hydrogens (primary N) is 1. The van der Waals surface area contributed by atoms with Crippen LogP contribution in [0.3, 0.4) is 0 Å². The Hall–Kier alpha value is -3.36. The van der Waals surface area contributed by atoms with E-state index < -0.39 is 5.91 Å². The van der Waals surface area contributed by atoms with Crippen molar-refractivity contribution >= 4 is 35.0 Å². The number of aromatic nitrogens is 2. The molecule has 5 N–H and O–H groups in total. The van der Waals surface area contributed by atoms with E-state index in [0.717, 1.165) is 30.8 Å². The molecule has 0 spiro atoms. The number of amides is 2. The average Bonchev–Trinajstić information content (AvgIpc) is 3.46. The number of nitrogens with one attached hydrogen (secondary N) is 3. The lowest BCUT2D eigenvalue weighted by atomic mass is 10.2. The van der Waals surface area contributed by atoms with Gasteiger partial charge < -0.3 is 26.6 Å². The first-order valence-electron chi connectivity index (χ1n) is 8.90. The summed E-state index contributed by atoms with van der Waals surface area (Å²) in [6.45, 7) is 1.79. The van der Waals surface area contributed by atoms with Crippen molar-refractivity contribution in [1.29, 1.82) is 0 Å². The van der Waals surface area contributed by atoms with Crippen LogP contribution in [0.2, 0.25) is 0 Å². The van der Waals surface area contributed by atoms with E-state index in [1.165, 1.54) is 6.20 Å². The van der Waals surface area contributed by atoms with Crippen molar-refractivity contribution in [3.05, 3.63) is 36.0 Å². The van der Waals surface area contributed by atoms with Gasteiger partial charge in [-0.1, -0.05) is 0 Å². The fourth-order valence-electron chi connectivity index (χ4n) is 2.90. The molecule has 2 fully saturated rings. The molecule has 0 unspecified atom stereocenters. The lowest BCUT2D eigenvalue weighted by Gasteiger charge is -2.28. The number of anilines is 4. The first kappa shape index (κ1) is 17.1. The zero-order valence-electron chi connectivity index (χ0n) is 14.7. The summed E-state index contributed by atoms with van der Waals surface area (Å²) in [5.41, 5.74) is 7.47. The SMILES string of the molecule is NC(=O)c1cnc(Nc2ccc(N3CCNC(=O)C3)cc2)nc1NC1CC1. The number of nitrogens with zero attached hydrogens (tertiary/aromatic N) is 3. The molecule has 140 valence electrons. The topological polar surface area (TPSA) is 125 Å². The molecule has 1 aromatic heterocycles. The van der Waals surface area contributed by atoms with E-state index in [9.17, 15) is 9.59 Å². The maximum atomic E-state index is 11.6. The molecule has 2 aliphatic rings. The largest absolute Gasteiger partial charge is 0.367 e. The Morgan fingerprint density at radius 2 is 2.04 bits per heavy atom. The summed E-state index contributed by atoms with van der Waals surface area (Å²) in [4.78, 5) is 33.7. The number of carbonyl (C=O) groups is 2. The highest BCUT2D eigenvalue weighted by Crippen LogP contribution is 2.26. The molecule has 27 heavy (non-hydrogen) atoms. The third kappa shape index (κ3) is 4.08. The monoisotopic (exact) mass is 367 g/mol. The molecule has 1 aliphatic heterocycles. The van der Waals surface area contributed by atoms with Crippen molar-refractivity contribution < 1.29 is 9.59 Å². The van der Waals surface area contributed by atoms with Crippen LogP contribution in [0.25, 0.3) is 0 Å². The van der Waals surface area contributed by atoms with Gasteiger partial charge in [0.25, 0.3) is 5.91 Å². The van der Waals surface area contributed by atoms with Crippen LogP contribution < -0.4 is 26.6 Å². The van der Waals surface area contributed by atoms with E-state index in [1.54, 1.807) is 0 Å². The van der Waals surface area contributed by atoms with Gasteiger partial charge in [0.1, 0.15) is 5.82 Å². The molecule has 0 bridgehead atoms. The molecule has 0 radical (unpaired) electrons. The summed E-state index contributed by atoms with van der Waals surface area (Å²) in [5.74, 6) is 0.313. The standard InChI is InChI=1S/C18H21N7O2/c19-16(27)14-9-21-18(24-17(14)22-11-1-2-11)23-12-3-5-13(6-4-12)25-8-7-20-15(26)10-25/h3-6,9,11H,1-2,7-8,10H2,(H2,19,27)(H,20,26)(H2,21,22,23,24). The van der Waals surface area contributed by atoms with Gasteiger partial charge in [0.15, 0.2) is 0 Å².